The largest absolute Gasteiger partial charge is 0.192 e. The van der Waals surface area contributed by atoms with E-state index in [0.29, 0.717) is 10.6 Å². The molecule has 62 valence electrons. The van der Waals surface area contributed by atoms with Crippen LogP contribution in [0.2, 0.25) is 5.02 Å². The van der Waals surface area contributed by atoms with Gasteiger partial charge in [0.25, 0.3) is 0 Å². The van der Waals surface area contributed by atoms with E-state index < -0.39 is 0 Å². The number of fused-ring (bicyclic) bond motifs is 1. The van der Waals surface area contributed by atoms with Crippen LogP contribution in [0.4, 0.5) is 0 Å². The van der Waals surface area contributed by atoms with Crippen LogP contribution in [0, 0.1) is 11.3 Å². The van der Waals surface area contributed by atoms with Crippen LogP contribution < -0.4 is 0 Å². The van der Waals surface area contributed by atoms with E-state index in [2.05, 4.69) is 6.07 Å². The molecule has 2 heteroatoms. The summed E-state index contributed by atoms with van der Waals surface area (Å²) in [5.74, 6) is 0. The van der Waals surface area contributed by atoms with Gasteiger partial charge in [-0.3, -0.25) is 0 Å². The lowest BCUT2D eigenvalue weighted by Gasteiger charge is -2.00. The van der Waals surface area contributed by atoms with Crippen molar-refractivity contribution >= 4 is 22.4 Å². The first-order chi connectivity index (χ1) is 6.33. The monoisotopic (exact) mass is 187 g/mol. The summed E-state index contributed by atoms with van der Waals surface area (Å²) in [5, 5.41) is 11.4. The molecule has 0 saturated heterocycles. The zero-order valence-electron chi connectivity index (χ0n) is 6.79. The Labute approximate surface area is 81.2 Å². The van der Waals surface area contributed by atoms with Crippen LogP contribution in [-0.4, -0.2) is 0 Å². The van der Waals surface area contributed by atoms with Crippen LogP contribution in [0.3, 0.4) is 0 Å². The zero-order valence-corrected chi connectivity index (χ0v) is 7.55. The molecule has 2 rings (SSSR count). The normalized spacial score (nSPS) is 9.85. The lowest BCUT2D eigenvalue weighted by atomic mass is 10.1. The minimum atomic E-state index is 0.515. The summed E-state index contributed by atoms with van der Waals surface area (Å²) in [6, 6.07) is 13.5. The molecular formula is C11H6ClN. The molecule has 0 unspecified atom stereocenters. The first kappa shape index (κ1) is 8.10. The molecule has 0 radical (unpaired) electrons. The summed E-state index contributed by atoms with van der Waals surface area (Å²) in [7, 11) is 0. The third-order valence-electron chi connectivity index (χ3n) is 1.99. The highest BCUT2D eigenvalue weighted by Crippen LogP contribution is 2.24. The molecule has 1 nitrogen and oxygen atoms in total. The number of hydrogen-bond acceptors (Lipinski definition) is 1. The highest BCUT2D eigenvalue weighted by Gasteiger charge is 2.03. The molecule has 0 fully saturated rings. The molecule has 0 aliphatic heterocycles. The number of benzene rings is 2. The fourth-order valence-electron chi connectivity index (χ4n) is 1.36. The average Bonchev–Trinajstić information content (AvgIpc) is 2.18. The van der Waals surface area contributed by atoms with E-state index >= 15 is 0 Å². The molecule has 0 aromatic heterocycles. The number of rotatable bonds is 0. The first-order valence-electron chi connectivity index (χ1n) is 3.90. The number of nitrogens with zero attached hydrogens (tertiary/aromatic N) is 1. The van der Waals surface area contributed by atoms with E-state index in [1.54, 1.807) is 6.07 Å². The SMILES string of the molecule is N#Cc1c(Cl)ccc2ccccc12. The van der Waals surface area contributed by atoms with Crippen LogP contribution in [0.25, 0.3) is 10.8 Å². The minimum absolute atomic E-state index is 0.515. The van der Waals surface area contributed by atoms with Crippen LogP contribution in [-0.2, 0) is 0 Å². The molecule has 0 aliphatic carbocycles. The maximum absolute atomic E-state index is 8.88. The Kier molecular flexibility index (Phi) is 1.92. The summed E-state index contributed by atoms with van der Waals surface area (Å²) in [6.45, 7) is 0. The number of halogens is 1. The molecule has 0 heterocycles. The molecule has 0 saturated carbocycles. The van der Waals surface area contributed by atoms with Crippen molar-refractivity contribution in [1.29, 1.82) is 5.26 Å². The molecule has 0 atom stereocenters. The summed E-state index contributed by atoms with van der Waals surface area (Å²) >= 11 is 5.88. The average molecular weight is 188 g/mol. The Bertz CT molecular complexity index is 497. The van der Waals surface area contributed by atoms with Crippen molar-refractivity contribution in [2.75, 3.05) is 0 Å². The minimum Gasteiger partial charge on any atom is -0.192 e. The van der Waals surface area contributed by atoms with E-state index in [1.807, 2.05) is 30.3 Å². The van der Waals surface area contributed by atoms with Gasteiger partial charge in [-0.25, -0.2) is 0 Å². The molecule has 2 aromatic rings. The van der Waals surface area contributed by atoms with E-state index in [9.17, 15) is 0 Å². The Morgan fingerprint density at radius 3 is 2.62 bits per heavy atom. The number of hydrogen-bond donors (Lipinski definition) is 0. The van der Waals surface area contributed by atoms with Gasteiger partial charge in [-0.2, -0.15) is 5.26 Å². The summed E-state index contributed by atoms with van der Waals surface area (Å²) in [4.78, 5) is 0. The second-order valence-electron chi connectivity index (χ2n) is 2.76. The van der Waals surface area contributed by atoms with Gasteiger partial charge < -0.3 is 0 Å². The van der Waals surface area contributed by atoms with Gasteiger partial charge in [0.2, 0.25) is 0 Å². The van der Waals surface area contributed by atoms with Crippen molar-refractivity contribution in [3.05, 3.63) is 47.0 Å². The predicted octanol–water partition coefficient (Wildman–Crippen LogP) is 3.36. The quantitative estimate of drug-likeness (QED) is 0.621. The maximum atomic E-state index is 8.88. The van der Waals surface area contributed by atoms with Crippen LogP contribution in [0.15, 0.2) is 36.4 Å². The maximum Gasteiger partial charge on any atom is 0.101 e. The fraction of sp³-hybridized carbons (Fsp3) is 0. The van der Waals surface area contributed by atoms with E-state index in [1.165, 1.54) is 0 Å². The molecule has 0 aliphatic rings. The van der Waals surface area contributed by atoms with Crippen molar-refractivity contribution in [2.45, 2.75) is 0 Å². The zero-order chi connectivity index (χ0) is 9.26. The lowest BCUT2D eigenvalue weighted by molar-refractivity contribution is 1.50. The highest BCUT2D eigenvalue weighted by molar-refractivity contribution is 6.32. The third-order valence-corrected chi connectivity index (χ3v) is 2.30. The predicted molar refractivity (Wildman–Crippen MR) is 53.7 cm³/mol. The molecule has 0 amide bonds. The van der Waals surface area contributed by atoms with Gasteiger partial charge in [0.15, 0.2) is 0 Å². The Balaban J connectivity index is 2.94. The first-order valence-corrected chi connectivity index (χ1v) is 4.28. The third kappa shape index (κ3) is 1.26. The second-order valence-corrected chi connectivity index (χ2v) is 3.16. The molecule has 0 spiro atoms. The standard InChI is InChI=1S/C11H6ClN/c12-11-6-5-8-3-1-2-4-9(8)10(11)7-13/h1-6H. The van der Waals surface area contributed by atoms with Gasteiger partial charge in [-0.15, -0.1) is 0 Å². The summed E-state index contributed by atoms with van der Waals surface area (Å²) in [6.07, 6.45) is 0. The van der Waals surface area contributed by atoms with Crippen LogP contribution in [0.5, 0.6) is 0 Å². The van der Waals surface area contributed by atoms with Crippen LogP contribution in [0.1, 0.15) is 5.56 Å². The van der Waals surface area contributed by atoms with Gasteiger partial charge in [0.1, 0.15) is 6.07 Å². The smallest absolute Gasteiger partial charge is 0.101 e. The molecule has 0 N–H and O–H groups in total. The Morgan fingerprint density at radius 1 is 1.08 bits per heavy atom. The molecule has 13 heavy (non-hydrogen) atoms. The van der Waals surface area contributed by atoms with E-state index in [-0.39, 0.29) is 0 Å². The second kappa shape index (κ2) is 3.08. The van der Waals surface area contributed by atoms with E-state index in [0.717, 1.165) is 10.8 Å². The summed E-state index contributed by atoms with van der Waals surface area (Å²) in [5.41, 5.74) is 0.555. The lowest BCUT2D eigenvalue weighted by Crippen LogP contribution is -1.80. The van der Waals surface area contributed by atoms with Crippen LogP contribution >= 0.6 is 11.6 Å². The van der Waals surface area contributed by atoms with Gasteiger partial charge in [0, 0.05) is 5.39 Å². The Morgan fingerprint density at radius 2 is 1.85 bits per heavy atom. The summed E-state index contributed by atoms with van der Waals surface area (Å²) < 4.78 is 0. The van der Waals surface area contributed by atoms with Gasteiger partial charge in [0.05, 0.1) is 10.6 Å². The Hall–Kier alpha value is -1.52. The fourth-order valence-corrected chi connectivity index (χ4v) is 1.57. The molecular weight excluding hydrogens is 182 g/mol. The molecule has 2 aromatic carbocycles. The number of nitriles is 1. The van der Waals surface area contributed by atoms with Crippen molar-refractivity contribution in [2.24, 2.45) is 0 Å². The van der Waals surface area contributed by atoms with Crippen molar-refractivity contribution in [3.63, 3.8) is 0 Å². The highest BCUT2D eigenvalue weighted by atomic mass is 35.5. The van der Waals surface area contributed by atoms with Crippen molar-refractivity contribution < 1.29 is 0 Å². The van der Waals surface area contributed by atoms with Gasteiger partial charge >= 0.3 is 0 Å². The topological polar surface area (TPSA) is 23.8 Å². The van der Waals surface area contributed by atoms with Crippen molar-refractivity contribution in [1.82, 2.24) is 0 Å². The van der Waals surface area contributed by atoms with Gasteiger partial charge in [-0.05, 0) is 11.5 Å². The van der Waals surface area contributed by atoms with Crippen molar-refractivity contribution in [3.8, 4) is 6.07 Å². The van der Waals surface area contributed by atoms with E-state index in [4.69, 9.17) is 16.9 Å². The van der Waals surface area contributed by atoms with Gasteiger partial charge in [-0.1, -0.05) is 41.9 Å². The molecule has 0 bridgehead atoms.